The van der Waals surface area contributed by atoms with Gasteiger partial charge in [-0.25, -0.2) is 9.50 Å². The first-order valence-electron chi connectivity index (χ1n) is 4.23. The van der Waals surface area contributed by atoms with Crippen LogP contribution < -0.4 is 0 Å². The Morgan fingerprint density at radius 3 is 3.17 bits per heavy atom. The molecule has 3 rings (SSSR count). The van der Waals surface area contributed by atoms with Crippen molar-refractivity contribution in [1.82, 2.24) is 14.6 Å². The van der Waals surface area contributed by atoms with E-state index >= 15 is 0 Å². The van der Waals surface area contributed by atoms with E-state index < -0.39 is 0 Å². The van der Waals surface area contributed by atoms with Gasteiger partial charge in [-0.15, -0.1) is 0 Å². The summed E-state index contributed by atoms with van der Waals surface area (Å²) in [5.74, 6) is 0.734. The molecule has 1 aliphatic carbocycles. The van der Waals surface area contributed by atoms with Crippen molar-refractivity contribution in [2.24, 2.45) is 0 Å². The highest BCUT2D eigenvalue weighted by molar-refractivity contribution is 5.49. The molecule has 0 aromatic carbocycles. The summed E-state index contributed by atoms with van der Waals surface area (Å²) >= 11 is 0. The third-order valence-electron chi connectivity index (χ3n) is 2.32. The maximum absolute atomic E-state index is 4.30. The van der Waals surface area contributed by atoms with E-state index in [0.29, 0.717) is 0 Å². The standard InChI is InChI=1S/C9H9N3/c1-4-10-9-8(7-2-3-7)6-11-12(9)5-1/h1,4-7H,2-3H2. The number of hydrogen-bond donors (Lipinski definition) is 0. The minimum atomic E-state index is 0.734. The summed E-state index contributed by atoms with van der Waals surface area (Å²) < 4.78 is 1.84. The van der Waals surface area contributed by atoms with Crippen LogP contribution in [0.3, 0.4) is 0 Å². The molecule has 0 amide bonds. The Morgan fingerprint density at radius 1 is 1.42 bits per heavy atom. The number of nitrogens with zero attached hydrogens (tertiary/aromatic N) is 3. The second kappa shape index (κ2) is 2.06. The lowest BCUT2D eigenvalue weighted by atomic mass is 10.2. The highest BCUT2D eigenvalue weighted by atomic mass is 15.2. The second-order valence-corrected chi connectivity index (χ2v) is 3.26. The molecule has 3 nitrogen and oxygen atoms in total. The zero-order chi connectivity index (χ0) is 7.97. The molecule has 0 N–H and O–H groups in total. The van der Waals surface area contributed by atoms with Crippen LogP contribution in [-0.4, -0.2) is 14.6 Å². The number of hydrogen-bond acceptors (Lipinski definition) is 2. The third kappa shape index (κ3) is 0.763. The van der Waals surface area contributed by atoms with Crippen molar-refractivity contribution in [2.75, 3.05) is 0 Å². The Bertz CT molecular complexity index is 414. The van der Waals surface area contributed by atoms with Crippen LogP contribution >= 0.6 is 0 Å². The van der Waals surface area contributed by atoms with Crippen LogP contribution in [0.1, 0.15) is 24.3 Å². The van der Waals surface area contributed by atoms with Crippen molar-refractivity contribution >= 4 is 5.65 Å². The normalized spacial score (nSPS) is 17.0. The van der Waals surface area contributed by atoms with E-state index in [4.69, 9.17) is 0 Å². The van der Waals surface area contributed by atoms with Crippen molar-refractivity contribution in [3.8, 4) is 0 Å². The summed E-state index contributed by atoms with van der Waals surface area (Å²) in [6.45, 7) is 0. The minimum Gasteiger partial charge on any atom is -0.237 e. The van der Waals surface area contributed by atoms with Gasteiger partial charge >= 0.3 is 0 Å². The van der Waals surface area contributed by atoms with Gasteiger partial charge in [0.05, 0.1) is 6.20 Å². The molecule has 1 fully saturated rings. The van der Waals surface area contributed by atoms with Crippen LogP contribution in [0.15, 0.2) is 24.7 Å². The predicted octanol–water partition coefficient (Wildman–Crippen LogP) is 1.61. The van der Waals surface area contributed by atoms with Crippen LogP contribution in [0, 0.1) is 0 Å². The second-order valence-electron chi connectivity index (χ2n) is 3.26. The molecule has 0 saturated heterocycles. The van der Waals surface area contributed by atoms with E-state index in [1.807, 2.05) is 29.2 Å². The molecule has 2 heterocycles. The number of fused-ring (bicyclic) bond motifs is 1. The molecule has 1 saturated carbocycles. The molecular formula is C9H9N3. The quantitative estimate of drug-likeness (QED) is 0.632. The summed E-state index contributed by atoms with van der Waals surface area (Å²) in [6, 6.07) is 1.90. The summed E-state index contributed by atoms with van der Waals surface area (Å²) in [7, 11) is 0. The topological polar surface area (TPSA) is 30.2 Å². The van der Waals surface area contributed by atoms with Gasteiger partial charge in [-0.2, -0.15) is 5.10 Å². The van der Waals surface area contributed by atoms with E-state index in [9.17, 15) is 0 Å². The monoisotopic (exact) mass is 159 g/mol. The summed E-state index contributed by atoms with van der Waals surface area (Å²) in [6.07, 6.45) is 8.31. The van der Waals surface area contributed by atoms with Gasteiger partial charge in [-0.3, -0.25) is 0 Å². The molecule has 0 spiro atoms. The van der Waals surface area contributed by atoms with E-state index in [0.717, 1.165) is 11.6 Å². The smallest absolute Gasteiger partial charge is 0.158 e. The summed E-state index contributed by atoms with van der Waals surface area (Å²) in [4.78, 5) is 4.30. The fourth-order valence-electron chi connectivity index (χ4n) is 1.53. The van der Waals surface area contributed by atoms with Crippen molar-refractivity contribution in [3.05, 3.63) is 30.2 Å². The molecule has 3 heteroatoms. The van der Waals surface area contributed by atoms with Crippen LogP contribution in [-0.2, 0) is 0 Å². The first-order chi connectivity index (χ1) is 5.95. The fraction of sp³-hybridized carbons (Fsp3) is 0.333. The zero-order valence-corrected chi connectivity index (χ0v) is 6.64. The van der Waals surface area contributed by atoms with Crippen LogP contribution in [0.4, 0.5) is 0 Å². The Labute approximate surface area is 70.0 Å². The van der Waals surface area contributed by atoms with Crippen molar-refractivity contribution in [3.63, 3.8) is 0 Å². The Kier molecular flexibility index (Phi) is 1.06. The molecule has 0 atom stereocenters. The van der Waals surface area contributed by atoms with Crippen molar-refractivity contribution in [2.45, 2.75) is 18.8 Å². The molecule has 2 aromatic heterocycles. The van der Waals surface area contributed by atoms with Gasteiger partial charge in [0.1, 0.15) is 0 Å². The van der Waals surface area contributed by atoms with E-state index in [2.05, 4.69) is 10.1 Å². The molecule has 1 aliphatic rings. The number of rotatable bonds is 1. The highest BCUT2D eigenvalue weighted by Gasteiger charge is 2.27. The zero-order valence-electron chi connectivity index (χ0n) is 6.64. The maximum atomic E-state index is 4.30. The molecule has 12 heavy (non-hydrogen) atoms. The largest absolute Gasteiger partial charge is 0.237 e. The predicted molar refractivity (Wildman–Crippen MR) is 45.0 cm³/mol. The van der Waals surface area contributed by atoms with Crippen LogP contribution in [0.25, 0.3) is 5.65 Å². The first-order valence-corrected chi connectivity index (χ1v) is 4.23. The van der Waals surface area contributed by atoms with E-state index in [1.54, 1.807) is 0 Å². The van der Waals surface area contributed by atoms with Crippen molar-refractivity contribution < 1.29 is 0 Å². The molecule has 0 unspecified atom stereocenters. The highest BCUT2D eigenvalue weighted by Crippen LogP contribution is 2.41. The van der Waals surface area contributed by atoms with Crippen molar-refractivity contribution in [1.29, 1.82) is 0 Å². The van der Waals surface area contributed by atoms with Crippen LogP contribution in [0.5, 0.6) is 0 Å². The Balaban J connectivity index is 2.30. The lowest BCUT2D eigenvalue weighted by molar-refractivity contribution is 0.939. The molecule has 60 valence electrons. The van der Waals surface area contributed by atoms with Crippen LogP contribution in [0.2, 0.25) is 0 Å². The van der Waals surface area contributed by atoms with Gasteiger partial charge in [-0.05, 0) is 24.8 Å². The lowest BCUT2D eigenvalue weighted by Crippen LogP contribution is -1.88. The van der Waals surface area contributed by atoms with Gasteiger partial charge < -0.3 is 0 Å². The lowest BCUT2D eigenvalue weighted by Gasteiger charge is -1.92. The summed E-state index contributed by atoms with van der Waals surface area (Å²) in [5, 5.41) is 4.23. The maximum Gasteiger partial charge on any atom is 0.158 e. The first kappa shape index (κ1) is 6.17. The van der Waals surface area contributed by atoms with Gasteiger partial charge in [0, 0.05) is 18.0 Å². The van der Waals surface area contributed by atoms with Gasteiger partial charge in [0.15, 0.2) is 5.65 Å². The summed E-state index contributed by atoms with van der Waals surface area (Å²) in [5.41, 5.74) is 2.34. The van der Waals surface area contributed by atoms with E-state index in [1.165, 1.54) is 18.4 Å². The molecule has 0 bridgehead atoms. The number of aromatic nitrogens is 3. The average molecular weight is 159 g/mol. The Morgan fingerprint density at radius 2 is 2.33 bits per heavy atom. The molecular weight excluding hydrogens is 150 g/mol. The molecule has 0 radical (unpaired) electrons. The Hall–Kier alpha value is -1.38. The fourth-order valence-corrected chi connectivity index (χ4v) is 1.53. The molecule has 0 aliphatic heterocycles. The minimum absolute atomic E-state index is 0.734. The van der Waals surface area contributed by atoms with E-state index in [-0.39, 0.29) is 0 Å². The average Bonchev–Trinajstić information content (AvgIpc) is 2.86. The van der Waals surface area contributed by atoms with Gasteiger partial charge in [0.25, 0.3) is 0 Å². The third-order valence-corrected chi connectivity index (χ3v) is 2.32. The van der Waals surface area contributed by atoms with Gasteiger partial charge in [0.2, 0.25) is 0 Å². The molecule has 2 aromatic rings. The van der Waals surface area contributed by atoms with Gasteiger partial charge in [-0.1, -0.05) is 0 Å². The SMILES string of the molecule is c1cnc2c(C3CC3)cnn2c1.